The van der Waals surface area contributed by atoms with Crippen LogP contribution in [0.3, 0.4) is 0 Å². The van der Waals surface area contributed by atoms with Crippen molar-refractivity contribution in [1.29, 1.82) is 0 Å². The molecule has 2 heterocycles. The number of nitrogens with one attached hydrogen (secondary N) is 1. The maximum atomic E-state index is 12.2. The summed E-state index contributed by atoms with van der Waals surface area (Å²) in [5, 5.41) is 12.0. The number of carboxylic acid groups (broad SMARTS) is 1. The molecule has 2 amide bonds. The maximum Gasteiger partial charge on any atom is 0.329 e. The number of likely N-dealkylation sites (tertiary alicyclic amines) is 1. The van der Waals surface area contributed by atoms with Crippen molar-refractivity contribution in [1.82, 2.24) is 10.2 Å². The lowest BCUT2D eigenvalue weighted by molar-refractivity contribution is -0.148. The first-order valence-corrected chi connectivity index (χ1v) is 6.67. The lowest BCUT2D eigenvalue weighted by Gasteiger charge is -2.37. The third-order valence-corrected chi connectivity index (χ3v) is 3.85. The summed E-state index contributed by atoms with van der Waals surface area (Å²) in [7, 11) is 0. The molecule has 0 aliphatic carbocycles. The van der Waals surface area contributed by atoms with E-state index >= 15 is 0 Å². The minimum absolute atomic E-state index is 0.0185. The number of aliphatic carboxylic acids is 1. The summed E-state index contributed by atoms with van der Waals surface area (Å²) >= 11 is 0. The normalized spacial score (nSPS) is 26.8. The summed E-state index contributed by atoms with van der Waals surface area (Å²) in [5.41, 5.74) is 4.63. The van der Waals surface area contributed by atoms with E-state index in [0.717, 1.165) is 12.8 Å². The highest BCUT2D eigenvalue weighted by Crippen LogP contribution is 2.22. The molecule has 2 saturated heterocycles. The number of carbonyl (C=O) groups is 2. The lowest BCUT2D eigenvalue weighted by Crippen LogP contribution is -2.61. The first-order chi connectivity index (χ1) is 9.03. The smallest absolute Gasteiger partial charge is 0.329 e. The van der Waals surface area contributed by atoms with Crippen LogP contribution in [0.4, 0.5) is 4.79 Å². The molecule has 4 N–H and O–H groups in total. The molecule has 2 aliphatic rings. The van der Waals surface area contributed by atoms with Crippen molar-refractivity contribution in [3.05, 3.63) is 0 Å². The molecule has 1 atom stereocenters. The van der Waals surface area contributed by atoms with Crippen molar-refractivity contribution in [2.45, 2.75) is 37.3 Å². The average Bonchev–Trinajstić information content (AvgIpc) is 2.39. The van der Waals surface area contributed by atoms with E-state index in [4.69, 9.17) is 10.5 Å². The molecule has 0 aromatic rings. The number of amides is 2. The van der Waals surface area contributed by atoms with E-state index < -0.39 is 11.5 Å². The van der Waals surface area contributed by atoms with Crippen molar-refractivity contribution < 1.29 is 19.4 Å². The maximum absolute atomic E-state index is 12.2. The number of carbonyl (C=O) groups excluding carboxylic acids is 1. The highest BCUT2D eigenvalue weighted by atomic mass is 16.5. The van der Waals surface area contributed by atoms with Gasteiger partial charge in [-0.15, -0.1) is 0 Å². The van der Waals surface area contributed by atoms with Gasteiger partial charge in [0.05, 0.1) is 0 Å². The highest BCUT2D eigenvalue weighted by Gasteiger charge is 2.42. The third-order valence-electron chi connectivity index (χ3n) is 3.85. The Morgan fingerprint density at radius 2 is 2.05 bits per heavy atom. The van der Waals surface area contributed by atoms with Crippen LogP contribution in [0, 0.1) is 0 Å². The number of urea groups is 1. The number of piperidine rings is 1. The number of hydrogen-bond donors (Lipinski definition) is 3. The van der Waals surface area contributed by atoms with Crippen molar-refractivity contribution in [3.8, 4) is 0 Å². The Morgan fingerprint density at radius 1 is 1.37 bits per heavy atom. The van der Waals surface area contributed by atoms with Crippen LogP contribution in [0.2, 0.25) is 0 Å². The first kappa shape index (κ1) is 14.1. The zero-order valence-corrected chi connectivity index (χ0v) is 10.9. The summed E-state index contributed by atoms with van der Waals surface area (Å²) in [6, 6.07) is -0.352. The topological polar surface area (TPSA) is 105 Å². The molecule has 108 valence electrons. The van der Waals surface area contributed by atoms with E-state index in [-0.39, 0.29) is 12.1 Å². The molecule has 1 unspecified atom stereocenters. The molecule has 0 bridgehead atoms. The van der Waals surface area contributed by atoms with Gasteiger partial charge in [0.2, 0.25) is 0 Å². The largest absolute Gasteiger partial charge is 0.480 e. The second kappa shape index (κ2) is 5.75. The van der Waals surface area contributed by atoms with Gasteiger partial charge in [0, 0.05) is 45.2 Å². The van der Waals surface area contributed by atoms with Gasteiger partial charge in [0.1, 0.15) is 5.54 Å². The van der Waals surface area contributed by atoms with Crippen LogP contribution >= 0.6 is 0 Å². The standard InChI is InChI=1S/C12H21N3O4/c13-9-2-1-5-15(8-9)11(18)14-12(10(16)17)3-6-19-7-4-12/h9H,1-8,13H2,(H,14,18)(H,16,17). The zero-order valence-electron chi connectivity index (χ0n) is 10.9. The fraction of sp³-hybridized carbons (Fsp3) is 0.833. The minimum Gasteiger partial charge on any atom is -0.480 e. The van der Waals surface area contributed by atoms with E-state index in [2.05, 4.69) is 5.32 Å². The number of rotatable bonds is 2. The van der Waals surface area contributed by atoms with E-state index in [1.165, 1.54) is 0 Å². The van der Waals surface area contributed by atoms with E-state index in [1.807, 2.05) is 0 Å². The minimum atomic E-state index is -1.20. The Balaban J connectivity index is 2.00. The second-order valence-electron chi connectivity index (χ2n) is 5.28. The Morgan fingerprint density at radius 3 is 2.63 bits per heavy atom. The number of ether oxygens (including phenoxy) is 1. The number of nitrogens with zero attached hydrogens (tertiary/aromatic N) is 1. The van der Waals surface area contributed by atoms with Gasteiger partial charge in [0.15, 0.2) is 0 Å². The predicted molar refractivity (Wildman–Crippen MR) is 67.7 cm³/mol. The van der Waals surface area contributed by atoms with Gasteiger partial charge in [-0.2, -0.15) is 0 Å². The molecule has 0 spiro atoms. The molecule has 2 rings (SSSR count). The average molecular weight is 271 g/mol. The van der Waals surface area contributed by atoms with E-state index in [0.29, 0.717) is 39.1 Å². The number of hydrogen-bond acceptors (Lipinski definition) is 4. The molecule has 7 nitrogen and oxygen atoms in total. The van der Waals surface area contributed by atoms with Gasteiger partial charge >= 0.3 is 12.0 Å². The molecule has 0 aromatic carbocycles. The van der Waals surface area contributed by atoms with Gasteiger partial charge in [-0.25, -0.2) is 9.59 Å². The zero-order chi connectivity index (χ0) is 13.9. The van der Waals surface area contributed by atoms with Crippen LogP contribution in [0.15, 0.2) is 0 Å². The van der Waals surface area contributed by atoms with Crippen molar-refractivity contribution in [2.24, 2.45) is 5.73 Å². The van der Waals surface area contributed by atoms with Crippen LogP contribution in [0.5, 0.6) is 0 Å². The monoisotopic (exact) mass is 271 g/mol. The molecule has 2 fully saturated rings. The molecule has 19 heavy (non-hydrogen) atoms. The van der Waals surface area contributed by atoms with Gasteiger partial charge in [-0.3, -0.25) is 0 Å². The molecule has 2 aliphatic heterocycles. The van der Waals surface area contributed by atoms with Gasteiger partial charge < -0.3 is 25.8 Å². The Bertz CT molecular complexity index is 355. The molecule has 0 radical (unpaired) electrons. The van der Waals surface area contributed by atoms with Crippen molar-refractivity contribution in [3.63, 3.8) is 0 Å². The van der Waals surface area contributed by atoms with Crippen LogP contribution in [0.25, 0.3) is 0 Å². The summed E-state index contributed by atoms with van der Waals surface area (Å²) in [6.07, 6.45) is 2.36. The van der Waals surface area contributed by atoms with Crippen LogP contribution < -0.4 is 11.1 Å². The second-order valence-corrected chi connectivity index (χ2v) is 5.28. The van der Waals surface area contributed by atoms with Gasteiger partial charge in [-0.05, 0) is 12.8 Å². The predicted octanol–water partition coefficient (Wildman–Crippen LogP) is -0.247. The number of nitrogens with two attached hydrogens (primary N) is 1. The summed E-state index contributed by atoms with van der Waals surface area (Å²) in [6.45, 7) is 1.82. The summed E-state index contributed by atoms with van der Waals surface area (Å²) < 4.78 is 5.17. The summed E-state index contributed by atoms with van der Waals surface area (Å²) in [5.74, 6) is -0.995. The van der Waals surface area contributed by atoms with E-state index in [1.54, 1.807) is 4.90 Å². The molecule has 0 aromatic heterocycles. The fourth-order valence-electron chi connectivity index (χ4n) is 2.59. The highest BCUT2D eigenvalue weighted by molar-refractivity contribution is 5.86. The molecular weight excluding hydrogens is 250 g/mol. The van der Waals surface area contributed by atoms with Crippen molar-refractivity contribution in [2.75, 3.05) is 26.3 Å². The first-order valence-electron chi connectivity index (χ1n) is 6.67. The van der Waals surface area contributed by atoms with Crippen molar-refractivity contribution >= 4 is 12.0 Å². The van der Waals surface area contributed by atoms with Gasteiger partial charge in [-0.1, -0.05) is 0 Å². The summed E-state index contributed by atoms with van der Waals surface area (Å²) in [4.78, 5) is 25.2. The third kappa shape index (κ3) is 3.16. The fourth-order valence-corrected chi connectivity index (χ4v) is 2.59. The molecular formula is C12H21N3O4. The Kier molecular flexibility index (Phi) is 4.26. The van der Waals surface area contributed by atoms with Crippen LogP contribution in [-0.2, 0) is 9.53 Å². The lowest BCUT2D eigenvalue weighted by atomic mass is 9.90. The quantitative estimate of drug-likeness (QED) is 0.642. The molecule has 7 heteroatoms. The Hall–Kier alpha value is -1.34. The molecule has 0 saturated carbocycles. The van der Waals surface area contributed by atoms with Crippen LogP contribution in [-0.4, -0.2) is 59.9 Å². The van der Waals surface area contributed by atoms with Gasteiger partial charge in [0.25, 0.3) is 0 Å². The number of carboxylic acids is 1. The Labute approximate surface area is 112 Å². The SMILES string of the molecule is NC1CCCN(C(=O)NC2(C(=O)O)CCOCC2)C1. The van der Waals surface area contributed by atoms with Crippen LogP contribution in [0.1, 0.15) is 25.7 Å². The van der Waals surface area contributed by atoms with E-state index in [9.17, 15) is 14.7 Å².